The van der Waals surface area contributed by atoms with E-state index in [1.165, 1.54) is 11.3 Å². The lowest BCUT2D eigenvalue weighted by molar-refractivity contribution is 0.239. The van der Waals surface area contributed by atoms with Gasteiger partial charge in [0.05, 0.1) is 5.01 Å². The normalized spacial score (nSPS) is 17.9. The van der Waals surface area contributed by atoms with Crippen molar-refractivity contribution in [3.8, 4) is 0 Å². The van der Waals surface area contributed by atoms with Gasteiger partial charge >= 0.3 is 6.03 Å². The van der Waals surface area contributed by atoms with Crippen molar-refractivity contribution < 1.29 is 4.79 Å². The van der Waals surface area contributed by atoms with Gasteiger partial charge in [0.2, 0.25) is 0 Å². The summed E-state index contributed by atoms with van der Waals surface area (Å²) in [7, 11) is 2.12. The number of thiazole rings is 1. The van der Waals surface area contributed by atoms with E-state index < -0.39 is 0 Å². The number of para-hydroxylation sites is 1. The summed E-state index contributed by atoms with van der Waals surface area (Å²) in [5.41, 5.74) is 2.59. The summed E-state index contributed by atoms with van der Waals surface area (Å²) in [4.78, 5) is 18.7. The fourth-order valence-electron chi connectivity index (χ4n) is 3.11. The van der Waals surface area contributed by atoms with Gasteiger partial charge in [-0.1, -0.05) is 25.1 Å². The van der Waals surface area contributed by atoms with E-state index in [1.807, 2.05) is 5.38 Å². The van der Waals surface area contributed by atoms with Crippen LogP contribution in [0.15, 0.2) is 35.8 Å². The number of hydrogen-bond acceptors (Lipinski definition) is 4. The number of nitrogens with zero attached hydrogens (tertiary/aromatic N) is 2. The third kappa shape index (κ3) is 3.87. The second kappa shape index (κ2) is 7.66. The van der Waals surface area contributed by atoms with Crippen LogP contribution in [0.1, 0.15) is 35.8 Å². The largest absolute Gasteiger partial charge is 0.374 e. The van der Waals surface area contributed by atoms with Gasteiger partial charge in [0.1, 0.15) is 0 Å². The highest BCUT2D eigenvalue weighted by Crippen LogP contribution is 2.33. The molecule has 1 aromatic carbocycles. The predicted molar refractivity (Wildman–Crippen MR) is 99.0 cm³/mol. The highest BCUT2D eigenvalue weighted by Gasteiger charge is 2.23. The lowest BCUT2D eigenvalue weighted by Crippen LogP contribution is -2.40. The molecular weight excluding hydrogens is 320 g/mol. The summed E-state index contributed by atoms with van der Waals surface area (Å²) < 4.78 is 0. The zero-order chi connectivity index (χ0) is 16.9. The van der Waals surface area contributed by atoms with Gasteiger partial charge in [-0.25, -0.2) is 9.78 Å². The topological polar surface area (TPSA) is 57.3 Å². The molecule has 0 radical (unpaired) electrons. The van der Waals surface area contributed by atoms with Crippen molar-refractivity contribution in [2.24, 2.45) is 0 Å². The molecule has 1 aliphatic rings. The van der Waals surface area contributed by atoms with Gasteiger partial charge in [-0.15, -0.1) is 11.3 Å². The Hall–Kier alpha value is -2.08. The molecule has 6 heteroatoms. The van der Waals surface area contributed by atoms with Crippen LogP contribution in [0.4, 0.5) is 10.5 Å². The molecule has 0 saturated heterocycles. The summed E-state index contributed by atoms with van der Waals surface area (Å²) in [5.74, 6) is 0.611. The third-order valence-corrected chi connectivity index (χ3v) is 5.56. The molecule has 24 heavy (non-hydrogen) atoms. The number of nitrogens with one attached hydrogen (secondary N) is 2. The minimum absolute atomic E-state index is 0.102. The van der Waals surface area contributed by atoms with Crippen molar-refractivity contribution in [2.75, 3.05) is 31.6 Å². The smallest absolute Gasteiger partial charge is 0.314 e. The van der Waals surface area contributed by atoms with Crippen LogP contribution in [-0.2, 0) is 0 Å². The lowest BCUT2D eigenvalue weighted by atomic mass is 9.90. The molecule has 0 aliphatic carbocycles. The van der Waals surface area contributed by atoms with Crippen molar-refractivity contribution in [2.45, 2.75) is 25.2 Å². The van der Waals surface area contributed by atoms with Gasteiger partial charge in [0.25, 0.3) is 0 Å². The van der Waals surface area contributed by atoms with Crippen LogP contribution in [0.2, 0.25) is 0 Å². The fourth-order valence-corrected chi connectivity index (χ4v) is 3.81. The molecule has 128 valence electrons. The van der Waals surface area contributed by atoms with Crippen molar-refractivity contribution in [3.63, 3.8) is 0 Å². The van der Waals surface area contributed by atoms with Gasteiger partial charge in [-0.05, 0) is 18.1 Å². The van der Waals surface area contributed by atoms with Crippen LogP contribution < -0.4 is 15.5 Å². The minimum atomic E-state index is -0.102. The van der Waals surface area contributed by atoms with Gasteiger partial charge in [0.15, 0.2) is 0 Å². The molecule has 2 aromatic rings. The Labute approximate surface area is 147 Å². The first kappa shape index (κ1) is 16.8. The van der Waals surface area contributed by atoms with E-state index in [0.29, 0.717) is 19.0 Å². The highest BCUT2D eigenvalue weighted by atomic mass is 32.1. The zero-order valence-electron chi connectivity index (χ0n) is 14.2. The molecule has 0 fully saturated rings. The monoisotopic (exact) mass is 344 g/mol. The van der Waals surface area contributed by atoms with E-state index in [-0.39, 0.29) is 11.9 Å². The minimum Gasteiger partial charge on any atom is -0.374 e. The van der Waals surface area contributed by atoms with E-state index in [4.69, 9.17) is 0 Å². The number of anilines is 1. The first-order valence-electron chi connectivity index (χ1n) is 8.36. The van der Waals surface area contributed by atoms with E-state index in [9.17, 15) is 4.79 Å². The Morgan fingerprint density at radius 3 is 3.04 bits per heavy atom. The average molecular weight is 344 g/mol. The Morgan fingerprint density at radius 1 is 1.42 bits per heavy atom. The molecule has 0 bridgehead atoms. The lowest BCUT2D eigenvalue weighted by Gasteiger charge is -2.33. The summed E-state index contributed by atoms with van der Waals surface area (Å²) >= 11 is 1.62. The third-order valence-electron chi connectivity index (χ3n) is 4.55. The second-order valence-electron chi connectivity index (χ2n) is 6.33. The fraction of sp³-hybridized carbons (Fsp3) is 0.444. The summed E-state index contributed by atoms with van der Waals surface area (Å²) in [5, 5.41) is 8.99. The molecule has 5 nitrogen and oxygen atoms in total. The number of carbonyl (C=O) groups excluding carboxylic acids is 1. The Balaban J connectivity index is 1.49. The number of benzene rings is 1. The highest BCUT2D eigenvalue weighted by molar-refractivity contribution is 7.09. The Bertz CT molecular complexity index is 673. The summed E-state index contributed by atoms with van der Waals surface area (Å²) in [6.07, 6.45) is 2.86. The molecule has 1 aliphatic heterocycles. The first-order valence-corrected chi connectivity index (χ1v) is 9.24. The maximum absolute atomic E-state index is 12.1. The first-order chi connectivity index (χ1) is 11.6. The average Bonchev–Trinajstić information content (AvgIpc) is 3.14. The molecule has 2 amide bonds. The SMILES string of the molecule is C[C@@H](CNC(=O)NC[C@@H]1CCN(C)c2ccccc21)c1nccs1. The number of carbonyl (C=O) groups is 1. The zero-order valence-corrected chi connectivity index (χ0v) is 15.0. The number of rotatable bonds is 5. The van der Waals surface area contributed by atoms with Gasteiger partial charge in [-0.3, -0.25) is 0 Å². The van der Waals surface area contributed by atoms with Gasteiger partial charge < -0.3 is 15.5 Å². The molecule has 2 heterocycles. The molecule has 0 unspecified atom stereocenters. The molecule has 0 saturated carbocycles. The van der Waals surface area contributed by atoms with Crippen LogP contribution in [0.3, 0.4) is 0 Å². The van der Waals surface area contributed by atoms with Gasteiger partial charge in [-0.2, -0.15) is 0 Å². The van der Waals surface area contributed by atoms with Crippen molar-refractivity contribution in [1.82, 2.24) is 15.6 Å². The maximum atomic E-state index is 12.1. The summed E-state index contributed by atoms with van der Waals surface area (Å²) in [6.45, 7) is 4.37. The predicted octanol–water partition coefficient (Wildman–Crippen LogP) is 3.17. The second-order valence-corrected chi connectivity index (χ2v) is 7.25. The Morgan fingerprint density at radius 2 is 2.25 bits per heavy atom. The van der Waals surface area contributed by atoms with E-state index >= 15 is 0 Å². The standard InChI is InChI=1S/C18H24N4OS/c1-13(17-19-8-10-24-17)11-20-18(23)21-12-14-7-9-22(2)16-6-4-3-5-15(14)16/h3-6,8,10,13-14H,7,9,11-12H2,1-2H3,(H2,20,21,23)/t13-,14-/m0/s1. The van der Waals surface area contributed by atoms with Crippen LogP contribution in [-0.4, -0.2) is 37.7 Å². The van der Waals surface area contributed by atoms with Gasteiger partial charge in [0, 0.05) is 55.8 Å². The molecule has 2 N–H and O–H groups in total. The van der Waals surface area contributed by atoms with Crippen molar-refractivity contribution >= 4 is 23.1 Å². The van der Waals surface area contributed by atoms with Crippen molar-refractivity contribution in [3.05, 3.63) is 46.4 Å². The van der Waals surface area contributed by atoms with Crippen molar-refractivity contribution in [1.29, 1.82) is 0 Å². The van der Waals surface area contributed by atoms with E-state index in [2.05, 4.69) is 58.8 Å². The Kier molecular flexibility index (Phi) is 5.35. The maximum Gasteiger partial charge on any atom is 0.314 e. The molecular formula is C18H24N4OS. The van der Waals surface area contributed by atoms with Crippen LogP contribution in [0, 0.1) is 0 Å². The van der Waals surface area contributed by atoms with E-state index in [1.54, 1.807) is 17.5 Å². The molecule has 0 spiro atoms. The molecule has 2 atom stereocenters. The van der Waals surface area contributed by atoms with E-state index in [0.717, 1.165) is 18.0 Å². The summed E-state index contributed by atoms with van der Waals surface area (Å²) in [6, 6.07) is 8.35. The molecule has 1 aromatic heterocycles. The van der Waals surface area contributed by atoms with Crippen LogP contribution in [0.5, 0.6) is 0 Å². The number of fused-ring (bicyclic) bond motifs is 1. The van der Waals surface area contributed by atoms with Crippen LogP contribution >= 0.6 is 11.3 Å². The quantitative estimate of drug-likeness (QED) is 0.876. The number of amides is 2. The van der Waals surface area contributed by atoms with Crippen LogP contribution in [0.25, 0.3) is 0 Å². The number of aromatic nitrogens is 1. The number of urea groups is 1. The number of hydrogen-bond donors (Lipinski definition) is 2. The molecule has 3 rings (SSSR count).